The first-order valence-corrected chi connectivity index (χ1v) is 5.99. The summed E-state index contributed by atoms with van der Waals surface area (Å²) in [6.07, 6.45) is 2.78. The van der Waals surface area contributed by atoms with E-state index in [2.05, 4.69) is 9.80 Å². The third kappa shape index (κ3) is 3.14. The Labute approximate surface area is 92.0 Å². The number of hydrogen-bond donors (Lipinski definition) is 2. The highest BCUT2D eigenvalue weighted by Gasteiger charge is 2.32. The van der Waals surface area contributed by atoms with Gasteiger partial charge in [0.15, 0.2) is 0 Å². The van der Waals surface area contributed by atoms with Gasteiger partial charge >= 0.3 is 0 Å². The highest BCUT2D eigenvalue weighted by atomic mass is 16.3. The molecule has 0 bridgehead atoms. The lowest BCUT2D eigenvalue weighted by molar-refractivity contribution is 0.00965. The van der Waals surface area contributed by atoms with Crippen LogP contribution in [0.3, 0.4) is 0 Å². The van der Waals surface area contributed by atoms with E-state index in [1.54, 1.807) is 0 Å². The Morgan fingerprint density at radius 2 is 1.87 bits per heavy atom. The molecule has 0 aromatic rings. The monoisotopic (exact) mass is 213 g/mol. The summed E-state index contributed by atoms with van der Waals surface area (Å²) in [6.45, 7) is 7.34. The molecule has 2 fully saturated rings. The lowest BCUT2D eigenvalue weighted by Gasteiger charge is -2.38. The second-order valence-corrected chi connectivity index (χ2v) is 5.24. The summed E-state index contributed by atoms with van der Waals surface area (Å²) in [5.74, 6) is 0. The van der Waals surface area contributed by atoms with Crippen LogP contribution in [0.5, 0.6) is 0 Å². The summed E-state index contributed by atoms with van der Waals surface area (Å²) in [6, 6.07) is 0.877. The van der Waals surface area contributed by atoms with Gasteiger partial charge in [0.25, 0.3) is 0 Å². The zero-order valence-electron chi connectivity index (χ0n) is 9.65. The molecule has 0 aromatic carbocycles. The average Bonchev–Trinajstić information content (AvgIpc) is 3.02. The van der Waals surface area contributed by atoms with Crippen molar-refractivity contribution in [3.63, 3.8) is 0 Å². The van der Waals surface area contributed by atoms with Gasteiger partial charge in [0, 0.05) is 45.3 Å². The van der Waals surface area contributed by atoms with Gasteiger partial charge < -0.3 is 10.8 Å². The van der Waals surface area contributed by atoms with Gasteiger partial charge in [0.05, 0.1) is 5.60 Å². The molecule has 15 heavy (non-hydrogen) atoms. The predicted octanol–water partition coefficient (Wildman–Crippen LogP) is -0.524. The molecule has 0 aromatic heterocycles. The van der Waals surface area contributed by atoms with Gasteiger partial charge in [0.2, 0.25) is 0 Å². The summed E-state index contributed by atoms with van der Waals surface area (Å²) >= 11 is 0. The molecule has 2 aliphatic rings. The van der Waals surface area contributed by atoms with E-state index in [1.807, 2.05) is 6.92 Å². The van der Waals surface area contributed by atoms with Gasteiger partial charge in [-0.3, -0.25) is 9.80 Å². The van der Waals surface area contributed by atoms with E-state index < -0.39 is 5.60 Å². The van der Waals surface area contributed by atoms with Crippen molar-refractivity contribution in [2.45, 2.75) is 31.4 Å². The van der Waals surface area contributed by atoms with Crippen molar-refractivity contribution in [3.8, 4) is 0 Å². The van der Waals surface area contributed by atoms with Crippen molar-refractivity contribution in [2.24, 2.45) is 5.73 Å². The first-order valence-electron chi connectivity index (χ1n) is 5.99. The molecule has 1 saturated heterocycles. The molecule has 3 N–H and O–H groups in total. The first kappa shape index (κ1) is 11.3. The molecule has 0 amide bonds. The summed E-state index contributed by atoms with van der Waals surface area (Å²) in [5, 5.41) is 9.88. The van der Waals surface area contributed by atoms with Crippen LogP contribution in [-0.4, -0.2) is 65.8 Å². The van der Waals surface area contributed by atoms with Gasteiger partial charge in [-0.1, -0.05) is 0 Å². The van der Waals surface area contributed by atoms with Crippen molar-refractivity contribution >= 4 is 0 Å². The van der Waals surface area contributed by atoms with Crippen LogP contribution in [0.4, 0.5) is 0 Å². The van der Waals surface area contributed by atoms with Crippen molar-refractivity contribution in [1.29, 1.82) is 0 Å². The Hall–Kier alpha value is -0.160. The third-order valence-corrected chi connectivity index (χ3v) is 3.47. The quantitative estimate of drug-likeness (QED) is 0.659. The second-order valence-electron chi connectivity index (χ2n) is 5.24. The van der Waals surface area contributed by atoms with Crippen molar-refractivity contribution in [1.82, 2.24) is 9.80 Å². The molecule has 0 spiro atoms. The number of nitrogens with two attached hydrogens (primary N) is 1. The fourth-order valence-electron chi connectivity index (χ4n) is 2.27. The van der Waals surface area contributed by atoms with Crippen LogP contribution in [0.2, 0.25) is 0 Å². The van der Waals surface area contributed by atoms with E-state index in [-0.39, 0.29) is 0 Å². The molecule has 1 saturated carbocycles. The summed E-state index contributed by atoms with van der Waals surface area (Å²) in [4.78, 5) is 4.90. The maximum atomic E-state index is 9.88. The van der Waals surface area contributed by atoms with E-state index in [4.69, 9.17) is 5.73 Å². The Morgan fingerprint density at radius 1 is 1.27 bits per heavy atom. The highest BCUT2D eigenvalue weighted by molar-refractivity contribution is 4.89. The first-order chi connectivity index (χ1) is 7.11. The summed E-state index contributed by atoms with van der Waals surface area (Å²) < 4.78 is 0. The minimum atomic E-state index is -0.720. The Bertz CT molecular complexity index is 208. The molecule has 4 nitrogen and oxygen atoms in total. The van der Waals surface area contributed by atoms with Gasteiger partial charge in [0.1, 0.15) is 0 Å². The number of piperazine rings is 1. The standard InChI is InChI=1S/C11H23N3O/c1-11(15,8-12)9-13-4-6-14(7-5-13)10-2-3-10/h10,15H,2-9,12H2,1H3. The molecule has 0 radical (unpaired) electrons. The summed E-state index contributed by atoms with van der Waals surface area (Å²) in [5.41, 5.74) is 4.80. The molecule has 4 heteroatoms. The number of rotatable bonds is 4. The maximum Gasteiger partial charge on any atom is 0.0867 e. The molecule has 1 atom stereocenters. The Morgan fingerprint density at radius 3 is 2.33 bits per heavy atom. The van der Waals surface area contributed by atoms with Crippen LogP contribution in [0.15, 0.2) is 0 Å². The normalized spacial score (nSPS) is 29.0. The minimum absolute atomic E-state index is 0.343. The van der Waals surface area contributed by atoms with E-state index in [0.29, 0.717) is 13.1 Å². The van der Waals surface area contributed by atoms with Crippen molar-refractivity contribution in [2.75, 3.05) is 39.3 Å². The number of aliphatic hydroxyl groups is 1. The van der Waals surface area contributed by atoms with Crippen LogP contribution in [0.1, 0.15) is 19.8 Å². The zero-order chi connectivity index (χ0) is 10.9. The molecule has 1 heterocycles. The Kier molecular flexibility index (Phi) is 3.30. The zero-order valence-corrected chi connectivity index (χ0v) is 9.65. The van der Waals surface area contributed by atoms with E-state index in [9.17, 15) is 5.11 Å². The van der Waals surface area contributed by atoms with E-state index in [0.717, 1.165) is 32.2 Å². The van der Waals surface area contributed by atoms with Crippen LogP contribution in [0.25, 0.3) is 0 Å². The van der Waals surface area contributed by atoms with E-state index in [1.165, 1.54) is 12.8 Å². The highest BCUT2D eigenvalue weighted by Crippen LogP contribution is 2.27. The average molecular weight is 213 g/mol. The number of β-amino-alcohol motifs (C(OH)–C–C–N with tert-alkyl or cyclic N) is 1. The predicted molar refractivity (Wildman–Crippen MR) is 60.7 cm³/mol. The van der Waals surface area contributed by atoms with Crippen molar-refractivity contribution < 1.29 is 5.11 Å². The lowest BCUT2D eigenvalue weighted by Crippen LogP contribution is -2.53. The van der Waals surface area contributed by atoms with E-state index >= 15 is 0 Å². The van der Waals surface area contributed by atoms with Gasteiger partial charge in [-0.2, -0.15) is 0 Å². The number of nitrogens with zero attached hydrogens (tertiary/aromatic N) is 2. The van der Waals surface area contributed by atoms with Crippen molar-refractivity contribution in [3.05, 3.63) is 0 Å². The van der Waals surface area contributed by atoms with Crippen LogP contribution in [0, 0.1) is 0 Å². The van der Waals surface area contributed by atoms with Gasteiger partial charge in [-0.15, -0.1) is 0 Å². The molecule has 1 unspecified atom stereocenters. The third-order valence-electron chi connectivity index (χ3n) is 3.47. The smallest absolute Gasteiger partial charge is 0.0867 e. The fraction of sp³-hybridized carbons (Fsp3) is 1.00. The van der Waals surface area contributed by atoms with Crippen LogP contribution in [-0.2, 0) is 0 Å². The summed E-state index contributed by atoms with van der Waals surface area (Å²) in [7, 11) is 0. The fourth-order valence-corrected chi connectivity index (χ4v) is 2.27. The van der Waals surface area contributed by atoms with Gasteiger partial charge in [-0.05, 0) is 19.8 Å². The molecular formula is C11H23N3O. The molecular weight excluding hydrogens is 190 g/mol. The largest absolute Gasteiger partial charge is 0.388 e. The number of hydrogen-bond acceptors (Lipinski definition) is 4. The molecule has 88 valence electrons. The molecule has 1 aliphatic heterocycles. The van der Waals surface area contributed by atoms with Gasteiger partial charge in [-0.25, -0.2) is 0 Å². The lowest BCUT2D eigenvalue weighted by atomic mass is 10.1. The molecule has 1 aliphatic carbocycles. The van der Waals surface area contributed by atoms with Crippen LogP contribution >= 0.6 is 0 Å². The molecule has 2 rings (SSSR count). The second kappa shape index (κ2) is 4.37. The van der Waals surface area contributed by atoms with Crippen LogP contribution < -0.4 is 5.73 Å². The SMILES string of the molecule is CC(O)(CN)CN1CCN(C2CC2)CC1. The Balaban J connectivity index is 1.73. The maximum absolute atomic E-state index is 9.88. The minimum Gasteiger partial charge on any atom is -0.388 e. The topological polar surface area (TPSA) is 52.7 Å².